The summed E-state index contributed by atoms with van der Waals surface area (Å²) in [6.45, 7) is 1.05. The molecule has 0 bridgehead atoms. The van der Waals surface area contributed by atoms with Gasteiger partial charge in [-0.15, -0.1) is 0 Å². The maximum absolute atomic E-state index is 10.1. The summed E-state index contributed by atoms with van der Waals surface area (Å²) in [5, 5.41) is 10.1. The molecule has 0 radical (unpaired) electrons. The second-order valence-electron chi connectivity index (χ2n) is 7.84. The highest BCUT2D eigenvalue weighted by molar-refractivity contribution is 5.49. The number of aliphatic hydroxyl groups excluding tert-OH is 1. The van der Waals surface area contributed by atoms with Gasteiger partial charge < -0.3 is 19.5 Å². The van der Waals surface area contributed by atoms with Gasteiger partial charge in [0, 0.05) is 11.5 Å². The summed E-state index contributed by atoms with van der Waals surface area (Å²) in [7, 11) is 3.87. The summed E-state index contributed by atoms with van der Waals surface area (Å²) in [5.74, 6) is 1.68. The molecule has 4 rings (SSSR count). The number of likely N-dealkylation sites (tertiary alicyclic amines) is 1. The van der Waals surface area contributed by atoms with Gasteiger partial charge in [0.1, 0.15) is 0 Å². The van der Waals surface area contributed by atoms with E-state index in [1.807, 2.05) is 12.1 Å². The van der Waals surface area contributed by atoms with Gasteiger partial charge in [0.25, 0.3) is 0 Å². The van der Waals surface area contributed by atoms with E-state index < -0.39 is 0 Å². The van der Waals surface area contributed by atoms with Gasteiger partial charge in [-0.1, -0.05) is 18.2 Å². The zero-order valence-electron chi connectivity index (χ0n) is 15.3. The average Bonchev–Trinajstić information content (AvgIpc) is 3.24. The monoisotopic (exact) mass is 343 g/mol. The van der Waals surface area contributed by atoms with Crippen LogP contribution in [0.25, 0.3) is 0 Å². The van der Waals surface area contributed by atoms with Crippen molar-refractivity contribution in [3.8, 4) is 11.5 Å². The highest BCUT2D eigenvalue weighted by Gasteiger charge is 2.48. The van der Waals surface area contributed by atoms with Crippen LogP contribution >= 0.6 is 0 Å². The minimum Gasteiger partial charge on any atom is -0.493 e. The fourth-order valence-corrected chi connectivity index (χ4v) is 4.93. The molecule has 0 spiro atoms. The van der Waals surface area contributed by atoms with Crippen molar-refractivity contribution in [3.05, 3.63) is 35.9 Å². The van der Waals surface area contributed by atoms with Crippen molar-refractivity contribution < 1.29 is 14.6 Å². The van der Waals surface area contributed by atoms with Gasteiger partial charge in [-0.2, -0.15) is 0 Å². The van der Waals surface area contributed by atoms with Crippen LogP contribution in [-0.4, -0.2) is 49.0 Å². The van der Waals surface area contributed by atoms with E-state index in [9.17, 15) is 5.11 Å². The summed E-state index contributed by atoms with van der Waals surface area (Å²) >= 11 is 0. The van der Waals surface area contributed by atoms with Gasteiger partial charge in [0.05, 0.1) is 19.3 Å². The smallest absolute Gasteiger partial charge is 0.161 e. The predicted molar refractivity (Wildman–Crippen MR) is 98.4 cm³/mol. The largest absolute Gasteiger partial charge is 0.493 e. The highest BCUT2D eigenvalue weighted by atomic mass is 16.5. The zero-order valence-corrected chi connectivity index (χ0v) is 15.3. The number of methoxy groups -OCH3 is 1. The van der Waals surface area contributed by atoms with Gasteiger partial charge >= 0.3 is 0 Å². The van der Waals surface area contributed by atoms with Crippen LogP contribution in [0.4, 0.5) is 0 Å². The van der Waals surface area contributed by atoms with Crippen LogP contribution in [0.3, 0.4) is 0 Å². The standard InChI is InChI=1S/C21H29NO3/c1-22-12-11-21(10-9-16(23)14-20(21)22)15-7-8-18(24-2)19(13-15)25-17-5-3-4-6-17/h7-10,13,16-17,20,23H,3-6,11-12,14H2,1-2H3/t16-,20+,21+/m1/s1. The molecule has 25 heavy (non-hydrogen) atoms. The van der Waals surface area contributed by atoms with Crippen molar-refractivity contribution in [2.75, 3.05) is 20.7 Å². The first kappa shape index (κ1) is 16.9. The number of fused-ring (bicyclic) bond motifs is 1. The molecule has 4 nitrogen and oxygen atoms in total. The molecule has 1 aromatic rings. The summed E-state index contributed by atoms with van der Waals surface area (Å²) in [5.41, 5.74) is 1.24. The van der Waals surface area contributed by atoms with Crippen molar-refractivity contribution in [2.45, 2.75) is 62.2 Å². The Hall–Kier alpha value is -1.52. The summed E-state index contributed by atoms with van der Waals surface area (Å²) in [6, 6.07) is 6.74. The lowest BCUT2D eigenvalue weighted by Crippen LogP contribution is -2.44. The first-order chi connectivity index (χ1) is 12.1. The number of benzene rings is 1. The molecule has 0 unspecified atom stereocenters. The first-order valence-electron chi connectivity index (χ1n) is 9.55. The Morgan fingerprint density at radius 1 is 1.20 bits per heavy atom. The van der Waals surface area contributed by atoms with E-state index in [2.05, 4.69) is 30.2 Å². The van der Waals surface area contributed by atoms with E-state index in [0.717, 1.165) is 43.7 Å². The minimum absolute atomic E-state index is 0.0337. The lowest BCUT2D eigenvalue weighted by atomic mass is 9.69. The molecule has 1 N–H and O–H groups in total. The first-order valence-corrected chi connectivity index (χ1v) is 9.55. The number of hydrogen-bond donors (Lipinski definition) is 1. The second kappa shape index (κ2) is 6.65. The van der Waals surface area contributed by atoms with E-state index in [4.69, 9.17) is 9.47 Å². The number of ether oxygens (including phenoxy) is 2. The number of likely N-dealkylation sites (N-methyl/N-ethyl adjacent to an activating group) is 1. The van der Waals surface area contributed by atoms with E-state index in [1.165, 1.54) is 18.4 Å². The van der Waals surface area contributed by atoms with Gasteiger partial charge in [0.15, 0.2) is 11.5 Å². The fraction of sp³-hybridized carbons (Fsp3) is 0.619. The quantitative estimate of drug-likeness (QED) is 0.852. The van der Waals surface area contributed by atoms with Gasteiger partial charge in [-0.3, -0.25) is 0 Å². The molecule has 0 aromatic heterocycles. The fourth-order valence-electron chi connectivity index (χ4n) is 4.93. The molecular weight excluding hydrogens is 314 g/mol. The number of nitrogens with zero attached hydrogens (tertiary/aromatic N) is 1. The number of aliphatic hydroxyl groups is 1. The lowest BCUT2D eigenvalue weighted by Gasteiger charge is -2.39. The molecule has 1 heterocycles. The van der Waals surface area contributed by atoms with Crippen molar-refractivity contribution in [1.82, 2.24) is 4.90 Å². The van der Waals surface area contributed by atoms with E-state index >= 15 is 0 Å². The SMILES string of the molecule is COc1ccc([C@@]23C=C[C@@H](O)C[C@@H]2N(C)CC3)cc1OC1CCCC1. The maximum Gasteiger partial charge on any atom is 0.161 e. The van der Waals surface area contributed by atoms with Crippen LogP contribution < -0.4 is 9.47 Å². The van der Waals surface area contributed by atoms with Crippen LogP contribution in [0.15, 0.2) is 30.4 Å². The van der Waals surface area contributed by atoms with Crippen LogP contribution in [-0.2, 0) is 5.41 Å². The third-order valence-electron chi connectivity index (χ3n) is 6.38. The summed E-state index contributed by atoms with van der Waals surface area (Å²) < 4.78 is 11.9. The van der Waals surface area contributed by atoms with Crippen LogP contribution in [0.1, 0.15) is 44.1 Å². The number of hydrogen-bond acceptors (Lipinski definition) is 4. The van der Waals surface area contributed by atoms with Crippen molar-refractivity contribution >= 4 is 0 Å². The normalized spacial score (nSPS) is 32.8. The Labute approximate surface area is 150 Å². The Kier molecular flexibility index (Phi) is 4.50. The Morgan fingerprint density at radius 3 is 2.76 bits per heavy atom. The molecule has 2 aliphatic carbocycles. The molecular formula is C21H29NO3. The Bertz CT molecular complexity index is 653. The van der Waals surface area contributed by atoms with Crippen molar-refractivity contribution in [2.24, 2.45) is 0 Å². The third kappa shape index (κ3) is 2.96. The molecule has 1 saturated heterocycles. The van der Waals surface area contributed by atoms with Crippen LogP contribution in [0.5, 0.6) is 11.5 Å². The molecule has 3 atom stereocenters. The second-order valence-corrected chi connectivity index (χ2v) is 7.84. The average molecular weight is 343 g/mol. The molecule has 3 aliphatic rings. The Balaban J connectivity index is 1.70. The molecule has 1 aromatic carbocycles. The molecule has 4 heteroatoms. The van der Waals surface area contributed by atoms with E-state index in [-0.39, 0.29) is 11.5 Å². The highest BCUT2D eigenvalue weighted by Crippen LogP contribution is 2.47. The number of rotatable bonds is 4. The van der Waals surface area contributed by atoms with Crippen molar-refractivity contribution in [3.63, 3.8) is 0 Å². The third-order valence-corrected chi connectivity index (χ3v) is 6.38. The van der Waals surface area contributed by atoms with Crippen LogP contribution in [0, 0.1) is 0 Å². The van der Waals surface area contributed by atoms with Crippen molar-refractivity contribution in [1.29, 1.82) is 0 Å². The topological polar surface area (TPSA) is 41.9 Å². The van der Waals surface area contributed by atoms with E-state index in [0.29, 0.717) is 12.1 Å². The predicted octanol–water partition coefficient (Wildman–Crippen LogP) is 3.28. The lowest BCUT2D eigenvalue weighted by molar-refractivity contribution is 0.137. The van der Waals surface area contributed by atoms with Crippen LogP contribution in [0.2, 0.25) is 0 Å². The summed E-state index contributed by atoms with van der Waals surface area (Å²) in [6.07, 6.45) is 10.8. The van der Waals surface area contributed by atoms with E-state index in [1.54, 1.807) is 7.11 Å². The molecule has 1 aliphatic heterocycles. The minimum atomic E-state index is -0.342. The Morgan fingerprint density at radius 2 is 2.00 bits per heavy atom. The maximum atomic E-state index is 10.1. The van der Waals surface area contributed by atoms with Gasteiger partial charge in [-0.25, -0.2) is 0 Å². The summed E-state index contributed by atoms with van der Waals surface area (Å²) in [4.78, 5) is 2.38. The molecule has 1 saturated carbocycles. The zero-order chi connectivity index (χ0) is 17.4. The molecule has 2 fully saturated rings. The van der Waals surface area contributed by atoms with Gasteiger partial charge in [0.2, 0.25) is 0 Å². The molecule has 136 valence electrons. The van der Waals surface area contributed by atoms with Gasteiger partial charge in [-0.05, 0) is 69.8 Å². The molecule has 0 amide bonds.